The summed E-state index contributed by atoms with van der Waals surface area (Å²) in [5, 5.41) is 11.6. The Morgan fingerprint density at radius 2 is 2.06 bits per heavy atom. The normalized spacial score (nSPS) is 19.1. The van der Waals surface area contributed by atoms with Crippen LogP contribution in [-0.2, 0) is 17.6 Å². The van der Waals surface area contributed by atoms with Gasteiger partial charge in [-0.15, -0.1) is 5.10 Å². The van der Waals surface area contributed by atoms with Crippen molar-refractivity contribution in [2.45, 2.75) is 39.5 Å². The van der Waals surface area contributed by atoms with Crippen molar-refractivity contribution in [3.63, 3.8) is 0 Å². The fourth-order valence-electron chi connectivity index (χ4n) is 2.21. The van der Waals surface area contributed by atoms with Crippen molar-refractivity contribution in [2.24, 2.45) is 5.92 Å². The fraction of sp³-hybridized carbons (Fsp3) is 0.769. The van der Waals surface area contributed by atoms with Crippen LogP contribution in [0.15, 0.2) is 0 Å². The lowest BCUT2D eigenvalue weighted by Crippen LogP contribution is -2.13. The van der Waals surface area contributed by atoms with E-state index < -0.39 is 0 Å². The van der Waals surface area contributed by atoms with Gasteiger partial charge < -0.3 is 10.1 Å². The average molecular weight is 250 g/mol. The van der Waals surface area contributed by atoms with Crippen LogP contribution >= 0.6 is 0 Å². The van der Waals surface area contributed by atoms with Gasteiger partial charge in [0.2, 0.25) is 5.95 Å². The molecule has 1 saturated heterocycles. The second-order valence-electron chi connectivity index (χ2n) is 4.68. The van der Waals surface area contributed by atoms with Crippen LogP contribution in [0, 0.1) is 5.92 Å². The molecule has 2 heterocycles. The van der Waals surface area contributed by atoms with Crippen LogP contribution in [-0.4, -0.2) is 34.9 Å². The number of hydrogen-bond donors (Lipinski definition) is 1. The maximum Gasteiger partial charge on any atom is 0.242 e. The molecule has 0 aliphatic carbocycles. The summed E-state index contributed by atoms with van der Waals surface area (Å²) in [7, 11) is 0. The Kier molecular flexibility index (Phi) is 4.87. The van der Waals surface area contributed by atoms with Crippen molar-refractivity contribution in [3.05, 3.63) is 11.4 Å². The lowest BCUT2D eigenvalue weighted by atomic mass is 10.1. The largest absolute Gasteiger partial charge is 0.381 e. The van der Waals surface area contributed by atoms with Crippen molar-refractivity contribution in [3.8, 4) is 0 Å². The van der Waals surface area contributed by atoms with E-state index in [2.05, 4.69) is 34.3 Å². The molecular formula is C13H22N4O. The van der Waals surface area contributed by atoms with Crippen LogP contribution in [0.4, 0.5) is 5.95 Å². The molecule has 18 heavy (non-hydrogen) atoms. The summed E-state index contributed by atoms with van der Waals surface area (Å²) in [6, 6.07) is 0. The zero-order valence-electron chi connectivity index (χ0n) is 11.3. The fourth-order valence-corrected chi connectivity index (χ4v) is 2.21. The van der Waals surface area contributed by atoms with Crippen LogP contribution in [0.25, 0.3) is 0 Å². The highest BCUT2D eigenvalue weighted by Crippen LogP contribution is 2.16. The standard InChI is InChI=1S/C13H22N4O/c1-3-11-12(4-2)16-17-13(15-11)14-7-5-10-6-8-18-9-10/h10H,3-9H2,1-2H3,(H,14,15,17). The highest BCUT2D eigenvalue weighted by molar-refractivity contribution is 5.25. The van der Waals surface area contributed by atoms with E-state index in [1.54, 1.807) is 0 Å². The molecule has 1 aliphatic rings. The van der Waals surface area contributed by atoms with Gasteiger partial charge in [-0.3, -0.25) is 0 Å². The SMILES string of the molecule is CCc1nnc(NCCC2CCOC2)nc1CC. The molecule has 1 aromatic heterocycles. The minimum atomic E-state index is 0.656. The van der Waals surface area contributed by atoms with E-state index in [4.69, 9.17) is 4.74 Å². The van der Waals surface area contributed by atoms with Crippen molar-refractivity contribution in [1.29, 1.82) is 0 Å². The van der Waals surface area contributed by atoms with E-state index in [1.165, 1.54) is 6.42 Å². The molecule has 100 valence electrons. The number of aromatic nitrogens is 3. The molecule has 0 aromatic carbocycles. The van der Waals surface area contributed by atoms with Crippen molar-refractivity contribution in [1.82, 2.24) is 15.2 Å². The molecule has 0 bridgehead atoms. The van der Waals surface area contributed by atoms with Gasteiger partial charge in [0.1, 0.15) is 0 Å². The summed E-state index contributed by atoms with van der Waals surface area (Å²) in [6.07, 6.45) is 4.09. The number of hydrogen-bond acceptors (Lipinski definition) is 5. The number of anilines is 1. The summed E-state index contributed by atoms with van der Waals surface area (Å²) in [6.45, 7) is 6.88. The molecule has 0 spiro atoms. The van der Waals surface area contributed by atoms with E-state index in [9.17, 15) is 0 Å². The molecule has 1 unspecified atom stereocenters. The zero-order chi connectivity index (χ0) is 12.8. The highest BCUT2D eigenvalue weighted by atomic mass is 16.5. The molecule has 1 N–H and O–H groups in total. The molecule has 1 aromatic rings. The molecule has 5 heteroatoms. The van der Waals surface area contributed by atoms with E-state index in [-0.39, 0.29) is 0 Å². The van der Waals surface area contributed by atoms with Crippen LogP contribution in [0.3, 0.4) is 0 Å². The topological polar surface area (TPSA) is 59.9 Å². The van der Waals surface area contributed by atoms with Crippen molar-refractivity contribution in [2.75, 3.05) is 25.1 Å². The third-order valence-corrected chi connectivity index (χ3v) is 3.37. The van der Waals surface area contributed by atoms with E-state index >= 15 is 0 Å². The molecular weight excluding hydrogens is 228 g/mol. The first-order valence-electron chi connectivity index (χ1n) is 6.87. The Labute approximate surface area is 108 Å². The average Bonchev–Trinajstić information content (AvgIpc) is 2.91. The molecule has 1 atom stereocenters. The molecule has 5 nitrogen and oxygen atoms in total. The first-order valence-corrected chi connectivity index (χ1v) is 6.87. The first-order chi connectivity index (χ1) is 8.83. The minimum absolute atomic E-state index is 0.656. The third kappa shape index (κ3) is 3.38. The summed E-state index contributed by atoms with van der Waals surface area (Å²) in [5.74, 6) is 1.34. The number of rotatable bonds is 6. The third-order valence-electron chi connectivity index (χ3n) is 3.37. The monoisotopic (exact) mass is 250 g/mol. The smallest absolute Gasteiger partial charge is 0.242 e. The molecule has 0 radical (unpaired) electrons. The van der Waals surface area contributed by atoms with E-state index in [0.29, 0.717) is 11.9 Å². The Bertz CT molecular complexity index is 377. The number of nitrogens with one attached hydrogen (secondary N) is 1. The number of aryl methyl sites for hydroxylation is 2. The van der Waals surface area contributed by atoms with Gasteiger partial charge in [-0.25, -0.2) is 4.98 Å². The molecule has 1 fully saturated rings. The lowest BCUT2D eigenvalue weighted by molar-refractivity contribution is 0.185. The van der Waals surface area contributed by atoms with E-state index in [1.807, 2.05) is 0 Å². The Balaban J connectivity index is 1.84. The summed E-state index contributed by atoms with van der Waals surface area (Å²) < 4.78 is 5.36. The maximum atomic E-state index is 5.36. The van der Waals surface area contributed by atoms with E-state index in [0.717, 1.165) is 50.4 Å². The lowest BCUT2D eigenvalue weighted by Gasteiger charge is -2.10. The Morgan fingerprint density at radius 1 is 1.22 bits per heavy atom. The second-order valence-corrected chi connectivity index (χ2v) is 4.68. The van der Waals surface area contributed by atoms with Gasteiger partial charge in [-0.1, -0.05) is 13.8 Å². The van der Waals surface area contributed by atoms with Gasteiger partial charge in [0.25, 0.3) is 0 Å². The molecule has 1 aliphatic heterocycles. The summed E-state index contributed by atoms with van der Waals surface area (Å²) in [5.41, 5.74) is 2.06. The molecule has 2 rings (SSSR count). The van der Waals surface area contributed by atoms with Gasteiger partial charge in [0, 0.05) is 19.8 Å². The second kappa shape index (κ2) is 6.64. The van der Waals surface area contributed by atoms with Crippen LogP contribution in [0.5, 0.6) is 0 Å². The summed E-state index contributed by atoms with van der Waals surface area (Å²) in [4.78, 5) is 4.51. The summed E-state index contributed by atoms with van der Waals surface area (Å²) >= 11 is 0. The zero-order valence-corrected chi connectivity index (χ0v) is 11.3. The van der Waals surface area contributed by atoms with Crippen molar-refractivity contribution >= 4 is 5.95 Å². The maximum absolute atomic E-state index is 5.36. The van der Waals surface area contributed by atoms with Crippen molar-refractivity contribution < 1.29 is 4.74 Å². The van der Waals surface area contributed by atoms with Gasteiger partial charge in [-0.2, -0.15) is 5.10 Å². The Morgan fingerprint density at radius 3 is 2.72 bits per heavy atom. The number of nitrogens with zero attached hydrogens (tertiary/aromatic N) is 3. The number of ether oxygens (including phenoxy) is 1. The molecule has 0 saturated carbocycles. The minimum Gasteiger partial charge on any atom is -0.381 e. The van der Waals surface area contributed by atoms with Crippen LogP contribution < -0.4 is 5.32 Å². The highest BCUT2D eigenvalue weighted by Gasteiger charge is 2.15. The molecule has 0 amide bonds. The van der Waals surface area contributed by atoms with Gasteiger partial charge in [0.15, 0.2) is 0 Å². The first kappa shape index (κ1) is 13.2. The van der Waals surface area contributed by atoms with Crippen LogP contribution in [0.2, 0.25) is 0 Å². The van der Waals surface area contributed by atoms with Crippen LogP contribution in [0.1, 0.15) is 38.1 Å². The predicted molar refractivity (Wildman–Crippen MR) is 70.6 cm³/mol. The van der Waals surface area contributed by atoms with Gasteiger partial charge in [0.05, 0.1) is 11.4 Å². The Hall–Kier alpha value is -1.23. The quantitative estimate of drug-likeness (QED) is 0.834. The van der Waals surface area contributed by atoms with Gasteiger partial charge >= 0.3 is 0 Å². The predicted octanol–water partition coefficient (Wildman–Crippen LogP) is 1.83. The van der Waals surface area contributed by atoms with Gasteiger partial charge in [-0.05, 0) is 31.6 Å².